The van der Waals surface area contributed by atoms with Gasteiger partial charge in [-0.3, -0.25) is 0 Å². The summed E-state index contributed by atoms with van der Waals surface area (Å²) >= 11 is 0. The maximum absolute atomic E-state index is 10.9. The normalized spacial score (nSPS) is 9.93. The number of carbonyl (C=O) groups is 1. The van der Waals surface area contributed by atoms with Crippen molar-refractivity contribution >= 4 is 5.97 Å². The van der Waals surface area contributed by atoms with Crippen LogP contribution in [0.4, 0.5) is 0 Å². The second kappa shape index (κ2) is 7.01. The molecule has 0 saturated heterocycles. The Labute approximate surface area is 90.0 Å². The highest BCUT2D eigenvalue weighted by molar-refractivity contribution is 5.70. The Morgan fingerprint density at radius 3 is 2.67 bits per heavy atom. The molecule has 0 amide bonds. The molecule has 0 heterocycles. The van der Waals surface area contributed by atoms with Crippen molar-refractivity contribution < 1.29 is 14.3 Å². The second-order valence-corrected chi connectivity index (χ2v) is 3.01. The maximum atomic E-state index is 10.9. The lowest BCUT2D eigenvalue weighted by molar-refractivity contribution is -0.147. The molecular weight excluding hydrogens is 192 g/mol. The fourth-order valence-electron chi connectivity index (χ4n) is 1.15. The van der Waals surface area contributed by atoms with Crippen LogP contribution in [0.5, 0.6) is 0 Å². The van der Waals surface area contributed by atoms with E-state index in [9.17, 15) is 4.79 Å². The molecule has 0 aliphatic carbocycles. The van der Waals surface area contributed by atoms with Gasteiger partial charge in [-0.05, 0) is 18.9 Å². The molecule has 3 nitrogen and oxygen atoms in total. The van der Waals surface area contributed by atoms with Gasteiger partial charge in [-0.15, -0.1) is 0 Å². The van der Waals surface area contributed by atoms with E-state index >= 15 is 0 Å². The van der Waals surface area contributed by atoms with Gasteiger partial charge in [-0.25, -0.2) is 4.79 Å². The largest absolute Gasteiger partial charge is 0.464 e. The summed E-state index contributed by atoms with van der Waals surface area (Å²) < 4.78 is 9.77. The minimum Gasteiger partial charge on any atom is -0.464 e. The lowest BCUT2D eigenvalue weighted by Crippen LogP contribution is -2.13. The molecule has 0 unspecified atom stereocenters. The van der Waals surface area contributed by atoms with E-state index in [0.717, 1.165) is 6.42 Å². The number of hydrogen-bond acceptors (Lipinski definition) is 3. The number of ether oxygens (including phenoxy) is 2. The first-order valence-corrected chi connectivity index (χ1v) is 4.89. The Morgan fingerprint density at radius 1 is 1.27 bits per heavy atom. The van der Waals surface area contributed by atoms with Crippen LogP contribution < -0.4 is 0 Å². The Bertz CT molecular complexity index is 282. The molecule has 3 heteroatoms. The van der Waals surface area contributed by atoms with Gasteiger partial charge in [0.2, 0.25) is 0 Å². The number of carbonyl (C=O) groups excluding carboxylic acids is 1. The molecule has 0 aliphatic heterocycles. The summed E-state index contributed by atoms with van der Waals surface area (Å²) in [5, 5.41) is 0. The Balaban J connectivity index is 2.10. The lowest BCUT2D eigenvalue weighted by Gasteiger charge is -2.03. The van der Waals surface area contributed by atoms with Gasteiger partial charge < -0.3 is 9.47 Å². The molecule has 1 aromatic carbocycles. The number of esters is 1. The molecule has 0 saturated carbocycles. The first-order chi connectivity index (χ1) is 7.33. The van der Waals surface area contributed by atoms with E-state index in [1.54, 1.807) is 0 Å². The van der Waals surface area contributed by atoms with E-state index in [4.69, 9.17) is 4.74 Å². The highest BCUT2D eigenvalue weighted by Crippen LogP contribution is 1.99. The Kier molecular flexibility index (Phi) is 5.48. The molecular formula is C12H15O3. The van der Waals surface area contributed by atoms with Crippen molar-refractivity contribution in [2.45, 2.75) is 6.42 Å². The smallest absolute Gasteiger partial charge is 0.332 e. The zero-order valence-electron chi connectivity index (χ0n) is 8.65. The third-order valence-corrected chi connectivity index (χ3v) is 1.86. The fourth-order valence-corrected chi connectivity index (χ4v) is 1.15. The predicted octanol–water partition coefficient (Wildman–Crippen LogP) is 1.62. The van der Waals surface area contributed by atoms with Crippen LogP contribution in [0.1, 0.15) is 5.56 Å². The highest BCUT2D eigenvalue weighted by atomic mass is 16.6. The zero-order valence-corrected chi connectivity index (χ0v) is 8.65. The minimum atomic E-state index is -0.363. The topological polar surface area (TPSA) is 35.5 Å². The quantitative estimate of drug-likeness (QED) is 0.525. The third kappa shape index (κ3) is 5.18. The van der Waals surface area contributed by atoms with E-state index in [1.165, 1.54) is 5.56 Å². The molecule has 1 aromatic rings. The van der Waals surface area contributed by atoms with Crippen LogP contribution in [0.2, 0.25) is 0 Å². The lowest BCUT2D eigenvalue weighted by atomic mass is 10.2. The molecule has 15 heavy (non-hydrogen) atoms. The maximum Gasteiger partial charge on any atom is 0.332 e. The van der Waals surface area contributed by atoms with Crippen molar-refractivity contribution in [3.63, 3.8) is 0 Å². The third-order valence-electron chi connectivity index (χ3n) is 1.86. The first-order valence-electron chi connectivity index (χ1n) is 4.89. The average Bonchev–Trinajstić information content (AvgIpc) is 2.26. The number of rotatable bonds is 6. The zero-order chi connectivity index (χ0) is 10.9. The highest BCUT2D eigenvalue weighted by Gasteiger charge is 2.00. The van der Waals surface area contributed by atoms with Crippen molar-refractivity contribution in [2.24, 2.45) is 0 Å². The molecule has 1 rings (SSSR count). The van der Waals surface area contributed by atoms with Gasteiger partial charge in [-0.1, -0.05) is 30.3 Å². The summed E-state index contributed by atoms with van der Waals surface area (Å²) in [6.07, 6.45) is 0.804. The van der Waals surface area contributed by atoms with Gasteiger partial charge >= 0.3 is 5.97 Å². The second-order valence-electron chi connectivity index (χ2n) is 3.01. The van der Waals surface area contributed by atoms with Crippen LogP contribution in [0.3, 0.4) is 0 Å². The van der Waals surface area contributed by atoms with Crippen molar-refractivity contribution in [3.8, 4) is 0 Å². The van der Waals surface area contributed by atoms with Crippen molar-refractivity contribution in [1.82, 2.24) is 0 Å². The van der Waals surface area contributed by atoms with Crippen molar-refractivity contribution in [2.75, 3.05) is 19.8 Å². The van der Waals surface area contributed by atoms with Crippen LogP contribution in [0.25, 0.3) is 0 Å². The van der Waals surface area contributed by atoms with Gasteiger partial charge in [0.1, 0.15) is 6.61 Å². The molecule has 0 aliphatic rings. The van der Waals surface area contributed by atoms with Crippen LogP contribution in [0, 0.1) is 6.92 Å². The van der Waals surface area contributed by atoms with Gasteiger partial charge in [0.25, 0.3) is 0 Å². The van der Waals surface area contributed by atoms with Crippen LogP contribution in [-0.4, -0.2) is 25.8 Å². The van der Waals surface area contributed by atoms with E-state index in [1.807, 2.05) is 30.3 Å². The average molecular weight is 207 g/mol. The van der Waals surface area contributed by atoms with Gasteiger partial charge in [0, 0.05) is 0 Å². The van der Waals surface area contributed by atoms with Crippen molar-refractivity contribution in [1.29, 1.82) is 0 Å². The van der Waals surface area contributed by atoms with Crippen LogP contribution in [-0.2, 0) is 20.7 Å². The molecule has 0 bridgehead atoms. The molecule has 0 spiro atoms. The van der Waals surface area contributed by atoms with E-state index in [-0.39, 0.29) is 19.2 Å². The molecule has 0 atom stereocenters. The van der Waals surface area contributed by atoms with E-state index in [2.05, 4.69) is 11.7 Å². The monoisotopic (exact) mass is 207 g/mol. The van der Waals surface area contributed by atoms with Crippen LogP contribution >= 0.6 is 0 Å². The molecule has 0 N–H and O–H groups in total. The summed E-state index contributed by atoms with van der Waals surface area (Å²) in [7, 11) is 0. The van der Waals surface area contributed by atoms with Crippen molar-refractivity contribution in [3.05, 3.63) is 42.8 Å². The van der Waals surface area contributed by atoms with E-state index in [0.29, 0.717) is 6.61 Å². The Hall–Kier alpha value is -1.35. The molecule has 0 aromatic heterocycles. The van der Waals surface area contributed by atoms with Gasteiger partial charge in [-0.2, -0.15) is 0 Å². The van der Waals surface area contributed by atoms with Crippen LogP contribution in [0.15, 0.2) is 30.3 Å². The molecule has 0 fully saturated rings. The SMILES string of the molecule is [CH2]COC(=O)COCCc1ccccc1. The summed E-state index contributed by atoms with van der Waals surface area (Å²) in [6.45, 7) is 4.08. The van der Waals surface area contributed by atoms with Gasteiger partial charge in [0.15, 0.2) is 0 Å². The summed E-state index contributed by atoms with van der Waals surface area (Å²) in [5.74, 6) is -0.363. The Morgan fingerprint density at radius 2 is 2.00 bits per heavy atom. The molecule has 81 valence electrons. The number of benzene rings is 1. The van der Waals surface area contributed by atoms with Gasteiger partial charge in [0.05, 0.1) is 13.2 Å². The minimum absolute atomic E-state index is 0.00233. The molecule has 1 radical (unpaired) electrons. The standard InChI is InChI=1S/C12H15O3/c1-2-15-12(13)10-14-9-8-11-6-4-3-5-7-11/h3-7H,1-2,8-10H2. The summed E-state index contributed by atoms with van der Waals surface area (Å²) in [6, 6.07) is 9.98. The summed E-state index contributed by atoms with van der Waals surface area (Å²) in [4.78, 5) is 10.9. The fraction of sp³-hybridized carbons (Fsp3) is 0.333. The van der Waals surface area contributed by atoms with E-state index < -0.39 is 0 Å². The predicted molar refractivity (Wildman–Crippen MR) is 57.3 cm³/mol. The first kappa shape index (κ1) is 11.7. The summed E-state index contributed by atoms with van der Waals surface area (Å²) in [5.41, 5.74) is 1.20. The number of hydrogen-bond donors (Lipinski definition) is 0.